The van der Waals surface area contributed by atoms with Crippen molar-refractivity contribution in [1.29, 1.82) is 5.41 Å². The zero-order valence-corrected chi connectivity index (χ0v) is 19.5. The number of rotatable bonds is 18. The third-order valence-corrected chi connectivity index (χ3v) is 6.21. The molecule has 0 aliphatic rings. The summed E-state index contributed by atoms with van der Waals surface area (Å²) in [6.45, 7) is 2.25. The van der Waals surface area contributed by atoms with Crippen molar-refractivity contribution in [3.63, 3.8) is 0 Å². The Morgan fingerprint density at radius 3 is 2.66 bits per heavy atom. The second-order valence-corrected chi connectivity index (χ2v) is 8.62. The van der Waals surface area contributed by atoms with Crippen LogP contribution in [-0.2, 0) is 14.4 Å². The third-order valence-electron chi connectivity index (χ3n) is 5.10. The van der Waals surface area contributed by atoms with E-state index in [4.69, 9.17) is 16.9 Å². The number of nitrogens with two attached hydrogens (primary N) is 2. The Bertz CT molecular complexity index is 752. The molecule has 0 saturated heterocycles. The van der Waals surface area contributed by atoms with Crippen molar-refractivity contribution < 1.29 is 14.4 Å². The number of aldehydes is 1. The molecule has 0 aliphatic heterocycles. The van der Waals surface area contributed by atoms with Gasteiger partial charge in [-0.2, -0.15) is 0 Å². The quantitative estimate of drug-likeness (QED) is 0.0737. The molecule has 0 aliphatic carbocycles. The van der Waals surface area contributed by atoms with Gasteiger partial charge < -0.3 is 21.6 Å². The van der Waals surface area contributed by atoms with Crippen LogP contribution in [0.2, 0.25) is 0 Å². The Hall–Kier alpha value is -2.72. The fourth-order valence-electron chi connectivity index (χ4n) is 3.33. The van der Waals surface area contributed by atoms with Crippen LogP contribution in [-0.4, -0.2) is 42.5 Å². The van der Waals surface area contributed by atoms with Crippen LogP contribution in [0.25, 0.3) is 0 Å². The molecule has 0 unspecified atom stereocenters. The molecule has 7 N–H and O–H groups in total. The molecule has 0 aromatic carbocycles. The number of nitrogens with zero attached hydrogens (tertiary/aromatic N) is 1. The normalized spacial score (nSPS) is 12.9. The number of nitrogens with one attached hydrogen (secondary N) is 3. The number of amidine groups is 1. The maximum atomic E-state index is 12.7. The molecule has 178 valence electrons. The van der Waals surface area contributed by atoms with Gasteiger partial charge in [-0.1, -0.05) is 18.9 Å². The number of hydrazine groups is 1. The minimum atomic E-state index is -0.253. The van der Waals surface area contributed by atoms with Gasteiger partial charge in [0, 0.05) is 28.8 Å². The first kappa shape index (κ1) is 27.3. The zero-order chi connectivity index (χ0) is 23.8. The van der Waals surface area contributed by atoms with E-state index in [1.165, 1.54) is 11.3 Å². The molecule has 1 rings (SSSR count). The zero-order valence-electron chi connectivity index (χ0n) is 18.7. The monoisotopic (exact) mass is 464 g/mol. The number of carbonyl (C=O) groups excluding carboxylic acids is 3. The largest absolute Gasteiger partial charge is 0.405 e. The van der Waals surface area contributed by atoms with Crippen molar-refractivity contribution in [2.45, 2.75) is 57.9 Å². The molecule has 10 heteroatoms. The van der Waals surface area contributed by atoms with Crippen LogP contribution in [0.4, 0.5) is 0 Å². The highest BCUT2D eigenvalue weighted by molar-refractivity contribution is 7.10. The lowest BCUT2D eigenvalue weighted by atomic mass is 9.95. The highest BCUT2D eigenvalue weighted by Gasteiger charge is 2.22. The Balaban J connectivity index is 2.82. The summed E-state index contributed by atoms with van der Waals surface area (Å²) in [7, 11) is 0. The Kier molecular flexibility index (Phi) is 13.6. The molecular formula is C22H36N6O3S. The van der Waals surface area contributed by atoms with E-state index >= 15 is 0 Å². The smallest absolute Gasteiger partial charge is 0.256 e. The molecule has 9 nitrogen and oxygen atoms in total. The van der Waals surface area contributed by atoms with Gasteiger partial charge in [0.05, 0.1) is 12.6 Å². The first-order chi connectivity index (χ1) is 15.4. The molecule has 1 heterocycles. The topological polar surface area (TPSA) is 154 Å². The van der Waals surface area contributed by atoms with E-state index in [1.54, 1.807) is 11.2 Å². The number of allylic oxidation sites excluding steroid dienone is 1. The standard InChI is InChI=1S/C22H36N6O3S/c1-17(20-12-19(15-32-20)22(24)25)27-28(21(31)13-26-16-30)14-18(9-7-11-29)8-5-3-2-4-6-10-23/h6,10-12,15-18,27H,2-5,7-9,13-14,23H2,1H3,(H3,24,25)(H,26,30)/b10-6-/t17-,18-/m1/s1. The van der Waals surface area contributed by atoms with Gasteiger partial charge in [0.1, 0.15) is 12.1 Å². The molecule has 2 amide bonds. The number of hydrogen-bond donors (Lipinski definition) is 5. The van der Waals surface area contributed by atoms with Crippen LogP contribution in [0.3, 0.4) is 0 Å². The maximum absolute atomic E-state index is 12.7. The fraction of sp³-hybridized carbons (Fsp3) is 0.545. The van der Waals surface area contributed by atoms with Gasteiger partial charge in [-0.3, -0.25) is 20.0 Å². The number of amides is 2. The molecule has 2 atom stereocenters. The van der Waals surface area contributed by atoms with Crippen LogP contribution in [0, 0.1) is 11.3 Å². The summed E-state index contributed by atoms with van der Waals surface area (Å²) in [6.07, 6.45) is 11.0. The molecule has 1 aromatic heterocycles. The second-order valence-electron chi connectivity index (χ2n) is 7.68. The van der Waals surface area contributed by atoms with Crippen molar-refractivity contribution >= 4 is 35.8 Å². The highest BCUT2D eigenvalue weighted by Crippen LogP contribution is 2.23. The number of unbranched alkanes of at least 4 members (excludes halogenated alkanes) is 3. The Morgan fingerprint density at radius 1 is 1.25 bits per heavy atom. The average Bonchev–Trinajstić information content (AvgIpc) is 3.28. The van der Waals surface area contributed by atoms with Gasteiger partial charge in [-0.25, -0.2) is 5.43 Å². The summed E-state index contributed by atoms with van der Waals surface area (Å²) in [5, 5.41) is 13.3. The van der Waals surface area contributed by atoms with Crippen molar-refractivity contribution in [3.05, 3.63) is 34.2 Å². The third kappa shape index (κ3) is 10.5. The van der Waals surface area contributed by atoms with Crippen LogP contribution in [0.1, 0.15) is 68.4 Å². The summed E-state index contributed by atoms with van der Waals surface area (Å²) >= 11 is 1.46. The van der Waals surface area contributed by atoms with Crippen molar-refractivity contribution in [2.75, 3.05) is 13.1 Å². The van der Waals surface area contributed by atoms with E-state index in [0.717, 1.165) is 43.3 Å². The lowest BCUT2D eigenvalue weighted by Gasteiger charge is -2.30. The first-order valence-electron chi connectivity index (χ1n) is 10.9. The Labute approximate surface area is 194 Å². The summed E-state index contributed by atoms with van der Waals surface area (Å²) in [6, 6.07) is 1.64. The predicted molar refractivity (Wildman–Crippen MR) is 128 cm³/mol. The van der Waals surface area contributed by atoms with Gasteiger partial charge in [-0.15, -0.1) is 11.3 Å². The fourth-order valence-corrected chi connectivity index (χ4v) is 4.24. The molecule has 1 aromatic rings. The van der Waals surface area contributed by atoms with E-state index in [1.807, 2.05) is 24.4 Å². The van der Waals surface area contributed by atoms with Crippen LogP contribution in [0.5, 0.6) is 0 Å². The Morgan fingerprint density at radius 2 is 2.03 bits per heavy atom. The molecule has 0 spiro atoms. The number of carbonyl (C=O) groups is 3. The molecule has 0 saturated carbocycles. The second kappa shape index (κ2) is 16.0. The summed E-state index contributed by atoms with van der Waals surface area (Å²) in [5.74, 6) is -0.101. The molecule has 32 heavy (non-hydrogen) atoms. The van der Waals surface area contributed by atoms with Crippen molar-refractivity contribution in [3.8, 4) is 0 Å². The molecular weight excluding hydrogens is 428 g/mol. The van der Waals surface area contributed by atoms with E-state index in [-0.39, 0.29) is 30.2 Å². The lowest BCUT2D eigenvalue weighted by molar-refractivity contribution is -0.136. The SMILES string of the molecule is C[C@@H](NN(C[C@@H](CCC=O)CCCCC/C=C\N)C(=O)CNC=O)c1cc(C(=N)N)cs1. The molecule has 0 radical (unpaired) electrons. The van der Waals surface area contributed by atoms with E-state index < -0.39 is 0 Å². The van der Waals surface area contributed by atoms with Gasteiger partial charge in [0.2, 0.25) is 6.41 Å². The number of nitrogen functional groups attached to an aromatic ring is 1. The molecule has 0 fully saturated rings. The predicted octanol–water partition coefficient (Wildman–Crippen LogP) is 2.19. The van der Waals surface area contributed by atoms with E-state index in [9.17, 15) is 14.4 Å². The van der Waals surface area contributed by atoms with E-state index in [2.05, 4.69) is 10.7 Å². The van der Waals surface area contributed by atoms with E-state index in [0.29, 0.717) is 31.4 Å². The average molecular weight is 465 g/mol. The van der Waals surface area contributed by atoms with Crippen LogP contribution in [0.15, 0.2) is 23.7 Å². The minimum Gasteiger partial charge on any atom is -0.405 e. The first-order valence-corrected chi connectivity index (χ1v) is 11.8. The minimum absolute atomic E-state index is 0.00121. The molecule has 0 bridgehead atoms. The highest BCUT2D eigenvalue weighted by atomic mass is 32.1. The van der Waals surface area contributed by atoms with Gasteiger partial charge in [0.25, 0.3) is 5.91 Å². The lowest BCUT2D eigenvalue weighted by Crippen LogP contribution is -2.49. The summed E-state index contributed by atoms with van der Waals surface area (Å²) in [5.41, 5.74) is 14.8. The number of thiophene rings is 1. The van der Waals surface area contributed by atoms with Crippen molar-refractivity contribution in [1.82, 2.24) is 15.8 Å². The number of hydrogen-bond acceptors (Lipinski definition) is 7. The maximum Gasteiger partial charge on any atom is 0.256 e. The summed E-state index contributed by atoms with van der Waals surface area (Å²) in [4.78, 5) is 35.3. The van der Waals surface area contributed by atoms with Crippen molar-refractivity contribution in [2.24, 2.45) is 17.4 Å². The van der Waals surface area contributed by atoms with Gasteiger partial charge in [-0.05, 0) is 50.8 Å². The van der Waals surface area contributed by atoms with Gasteiger partial charge in [0.15, 0.2) is 0 Å². The van der Waals surface area contributed by atoms with Crippen LogP contribution >= 0.6 is 11.3 Å². The summed E-state index contributed by atoms with van der Waals surface area (Å²) < 4.78 is 0. The van der Waals surface area contributed by atoms with Gasteiger partial charge >= 0.3 is 0 Å². The van der Waals surface area contributed by atoms with Crippen LogP contribution < -0.4 is 22.2 Å².